The number of ether oxygens (including phenoxy) is 2. The molecular formula is C13H18BrNO3S. The molecule has 0 atom stereocenters. The Morgan fingerprint density at radius 2 is 2.16 bits per heavy atom. The van der Waals surface area contributed by atoms with E-state index in [1.165, 1.54) is 0 Å². The highest BCUT2D eigenvalue weighted by Crippen LogP contribution is 2.19. The molecule has 0 spiro atoms. The average Bonchev–Trinajstić information content (AvgIpc) is 2.37. The van der Waals surface area contributed by atoms with Crippen molar-refractivity contribution in [3.8, 4) is 0 Å². The van der Waals surface area contributed by atoms with Crippen molar-refractivity contribution in [3.63, 3.8) is 0 Å². The maximum atomic E-state index is 11.9. The molecule has 1 rings (SSSR count). The molecule has 19 heavy (non-hydrogen) atoms. The molecule has 1 aromatic carbocycles. The second-order valence-electron chi connectivity index (χ2n) is 3.88. The van der Waals surface area contributed by atoms with E-state index in [9.17, 15) is 4.79 Å². The first-order valence-corrected chi connectivity index (χ1v) is 7.22. The number of thiol groups is 1. The molecule has 0 aliphatic heterocycles. The Morgan fingerprint density at radius 1 is 1.37 bits per heavy atom. The Labute approximate surface area is 127 Å². The number of amides is 1. The van der Waals surface area contributed by atoms with E-state index in [1.807, 2.05) is 6.07 Å². The standard InChI is InChI=1S/C13H18BrNO3S/c1-17-7-8-18-6-2-5-15-13(16)11-4-3-10(14)9-12(11)19/h3-4,9,19H,2,5-8H2,1H3,(H,15,16). The molecule has 1 N–H and O–H groups in total. The Bertz CT molecular complexity index is 415. The third-order valence-corrected chi connectivity index (χ3v) is 3.25. The fourth-order valence-corrected chi connectivity index (χ4v) is 2.27. The molecule has 4 nitrogen and oxygen atoms in total. The van der Waals surface area contributed by atoms with E-state index in [0.717, 1.165) is 10.9 Å². The van der Waals surface area contributed by atoms with Crippen LogP contribution in [0.1, 0.15) is 16.8 Å². The lowest BCUT2D eigenvalue weighted by Crippen LogP contribution is -2.25. The zero-order valence-electron chi connectivity index (χ0n) is 10.8. The highest BCUT2D eigenvalue weighted by atomic mass is 79.9. The number of rotatable bonds is 8. The van der Waals surface area contributed by atoms with Crippen LogP contribution in [0.25, 0.3) is 0 Å². The SMILES string of the molecule is COCCOCCCNC(=O)c1ccc(Br)cc1S. The van der Waals surface area contributed by atoms with E-state index >= 15 is 0 Å². The van der Waals surface area contributed by atoms with Crippen LogP contribution in [0, 0.1) is 0 Å². The molecule has 1 amide bonds. The largest absolute Gasteiger partial charge is 0.382 e. The van der Waals surface area contributed by atoms with Gasteiger partial charge in [-0.15, -0.1) is 12.6 Å². The van der Waals surface area contributed by atoms with Crippen molar-refractivity contribution in [2.45, 2.75) is 11.3 Å². The van der Waals surface area contributed by atoms with Crippen LogP contribution in [-0.4, -0.2) is 39.4 Å². The molecular weight excluding hydrogens is 330 g/mol. The summed E-state index contributed by atoms with van der Waals surface area (Å²) >= 11 is 7.61. The summed E-state index contributed by atoms with van der Waals surface area (Å²) in [5.74, 6) is -0.116. The molecule has 0 radical (unpaired) electrons. The fraction of sp³-hybridized carbons (Fsp3) is 0.462. The summed E-state index contributed by atoms with van der Waals surface area (Å²) < 4.78 is 11.1. The molecule has 106 valence electrons. The Kier molecular flexibility index (Phi) is 8.13. The maximum absolute atomic E-state index is 11.9. The summed E-state index contributed by atoms with van der Waals surface area (Å²) in [5.41, 5.74) is 0.576. The number of halogens is 1. The molecule has 0 aliphatic rings. The van der Waals surface area contributed by atoms with Crippen LogP contribution in [-0.2, 0) is 9.47 Å². The normalized spacial score (nSPS) is 10.5. The van der Waals surface area contributed by atoms with Gasteiger partial charge in [-0.25, -0.2) is 0 Å². The van der Waals surface area contributed by atoms with Crippen molar-refractivity contribution in [1.82, 2.24) is 5.32 Å². The van der Waals surface area contributed by atoms with Crippen molar-refractivity contribution in [2.75, 3.05) is 33.5 Å². The molecule has 0 saturated heterocycles. The van der Waals surface area contributed by atoms with Gasteiger partial charge in [-0.3, -0.25) is 4.79 Å². The molecule has 0 heterocycles. The van der Waals surface area contributed by atoms with E-state index in [-0.39, 0.29) is 5.91 Å². The summed E-state index contributed by atoms with van der Waals surface area (Å²) in [5, 5.41) is 2.84. The average molecular weight is 348 g/mol. The van der Waals surface area contributed by atoms with Gasteiger partial charge in [-0.1, -0.05) is 15.9 Å². The van der Waals surface area contributed by atoms with Crippen molar-refractivity contribution in [1.29, 1.82) is 0 Å². The zero-order chi connectivity index (χ0) is 14.1. The third-order valence-electron chi connectivity index (χ3n) is 2.39. The molecule has 0 unspecified atom stereocenters. The lowest BCUT2D eigenvalue weighted by molar-refractivity contribution is 0.0688. The zero-order valence-corrected chi connectivity index (χ0v) is 13.3. The number of carbonyl (C=O) groups excluding carboxylic acids is 1. The van der Waals surface area contributed by atoms with E-state index < -0.39 is 0 Å². The predicted molar refractivity (Wildman–Crippen MR) is 81.0 cm³/mol. The third kappa shape index (κ3) is 6.42. The smallest absolute Gasteiger partial charge is 0.252 e. The van der Waals surface area contributed by atoms with Gasteiger partial charge >= 0.3 is 0 Å². The van der Waals surface area contributed by atoms with Gasteiger partial charge in [0, 0.05) is 29.6 Å². The van der Waals surface area contributed by atoms with Crippen LogP contribution in [0.15, 0.2) is 27.6 Å². The summed E-state index contributed by atoms with van der Waals surface area (Å²) in [6, 6.07) is 5.37. The summed E-state index contributed by atoms with van der Waals surface area (Å²) in [6.45, 7) is 2.36. The monoisotopic (exact) mass is 347 g/mol. The Hall–Kier alpha value is -0.560. The van der Waals surface area contributed by atoms with Gasteiger partial charge in [-0.2, -0.15) is 0 Å². The number of benzene rings is 1. The predicted octanol–water partition coefficient (Wildman–Crippen LogP) is 2.52. The van der Waals surface area contributed by atoms with Crippen LogP contribution in [0.4, 0.5) is 0 Å². The van der Waals surface area contributed by atoms with Crippen LogP contribution in [0.2, 0.25) is 0 Å². The van der Waals surface area contributed by atoms with Crippen molar-refractivity contribution < 1.29 is 14.3 Å². The molecule has 0 bridgehead atoms. The summed E-state index contributed by atoms with van der Waals surface area (Å²) in [4.78, 5) is 12.5. The van der Waals surface area contributed by atoms with E-state index in [0.29, 0.717) is 36.8 Å². The minimum Gasteiger partial charge on any atom is -0.382 e. The minimum absolute atomic E-state index is 0.116. The molecule has 0 saturated carbocycles. The first kappa shape index (κ1) is 16.5. The van der Waals surface area contributed by atoms with Gasteiger partial charge in [0.05, 0.1) is 18.8 Å². The number of nitrogens with one attached hydrogen (secondary N) is 1. The lowest BCUT2D eigenvalue weighted by atomic mass is 10.2. The summed E-state index contributed by atoms with van der Waals surface area (Å²) in [7, 11) is 1.64. The van der Waals surface area contributed by atoms with Crippen molar-refractivity contribution in [2.24, 2.45) is 0 Å². The lowest BCUT2D eigenvalue weighted by Gasteiger charge is -2.08. The van der Waals surface area contributed by atoms with Gasteiger partial charge in [0.25, 0.3) is 5.91 Å². The van der Waals surface area contributed by atoms with E-state index in [2.05, 4.69) is 33.9 Å². The van der Waals surface area contributed by atoms with E-state index in [4.69, 9.17) is 9.47 Å². The minimum atomic E-state index is -0.116. The molecule has 1 aromatic rings. The second kappa shape index (κ2) is 9.36. The fourth-order valence-electron chi connectivity index (χ4n) is 1.41. The highest BCUT2D eigenvalue weighted by molar-refractivity contribution is 9.10. The summed E-state index contributed by atoms with van der Waals surface area (Å²) in [6.07, 6.45) is 0.772. The van der Waals surface area contributed by atoms with Gasteiger partial charge in [-0.05, 0) is 24.6 Å². The quantitative estimate of drug-likeness (QED) is 0.561. The van der Waals surface area contributed by atoms with Crippen LogP contribution >= 0.6 is 28.6 Å². The van der Waals surface area contributed by atoms with Crippen molar-refractivity contribution >= 4 is 34.5 Å². The van der Waals surface area contributed by atoms with Gasteiger partial charge in [0.2, 0.25) is 0 Å². The van der Waals surface area contributed by atoms with E-state index in [1.54, 1.807) is 19.2 Å². The molecule has 0 aliphatic carbocycles. The van der Waals surface area contributed by atoms with Crippen LogP contribution < -0.4 is 5.32 Å². The van der Waals surface area contributed by atoms with Gasteiger partial charge in [0.15, 0.2) is 0 Å². The molecule has 6 heteroatoms. The number of methoxy groups -OCH3 is 1. The first-order chi connectivity index (χ1) is 9.15. The molecule has 0 aromatic heterocycles. The van der Waals surface area contributed by atoms with Gasteiger partial charge in [0.1, 0.15) is 0 Å². The maximum Gasteiger partial charge on any atom is 0.252 e. The first-order valence-electron chi connectivity index (χ1n) is 5.98. The number of hydrogen-bond acceptors (Lipinski definition) is 4. The van der Waals surface area contributed by atoms with Crippen molar-refractivity contribution in [3.05, 3.63) is 28.2 Å². The highest BCUT2D eigenvalue weighted by Gasteiger charge is 2.08. The number of hydrogen-bond donors (Lipinski definition) is 2. The number of carbonyl (C=O) groups is 1. The van der Waals surface area contributed by atoms with Gasteiger partial charge < -0.3 is 14.8 Å². The topological polar surface area (TPSA) is 47.6 Å². The van der Waals surface area contributed by atoms with Crippen LogP contribution in [0.3, 0.4) is 0 Å². The van der Waals surface area contributed by atoms with Crippen LogP contribution in [0.5, 0.6) is 0 Å². The Morgan fingerprint density at radius 3 is 2.84 bits per heavy atom. The molecule has 0 fully saturated rings. The Balaban J connectivity index is 2.24. The second-order valence-corrected chi connectivity index (χ2v) is 5.27.